The van der Waals surface area contributed by atoms with E-state index in [1.807, 2.05) is 11.8 Å². The molecule has 1 spiro atoms. The molecule has 2 saturated heterocycles. The second-order valence-electron chi connectivity index (χ2n) is 2.26. The average molecular weight is 147 g/mol. The van der Waals surface area contributed by atoms with Gasteiger partial charge in [0.1, 0.15) is 0 Å². The van der Waals surface area contributed by atoms with Crippen LogP contribution in [0.5, 0.6) is 0 Å². The number of hydrogen-bond donors (Lipinski definition) is 1. The Hall–Kier alpha value is 0.660. The van der Waals surface area contributed by atoms with Crippen molar-refractivity contribution in [3.8, 4) is 0 Å². The number of thioether (sulfide) groups is 2. The third-order valence-corrected chi connectivity index (χ3v) is 4.75. The van der Waals surface area contributed by atoms with Crippen molar-refractivity contribution in [2.75, 3.05) is 23.8 Å². The van der Waals surface area contributed by atoms with E-state index in [1.165, 1.54) is 23.8 Å². The quantitative estimate of drug-likeness (QED) is 0.543. The summed E-state index contributed by atoms with van der Waals surface area (Å²) in [5, 5.41) is 3.51. The van der Waals surface area contributed by atoms with E-state index in [-0.39, 0.29) is 0 Å². The summed E-state index contributed by atoms with van der Waals surface area (Å²) in [5.41, 5.74) is 0. The molecule has 1 N–H and O–H groups in total. The van der Waals surface area contributed by atoms with Gasteiger partial charge in [0.15, 0.2) is 0 Å². The first-order valence-electron chi connectivity index (χ1n) is 2.88. The second-order valence-corrected chi connectivity index (χ2v) is 4.73. The molecule has 2 fully saturated rings. The van der Waals surface area contributed by atoms with Crippen molar-refractivity contribution in [2.24, 2.45) is 0 Å². The highest BCUT2D eigenvalue weighted by atomic mass is 32.2. The molecule has 0 bridgehead atoms. The number of rotatable bonds is 0. The summed E-state index contributed by atoms with van der Waals surface area (Å²) in [6.45, 7) is 1.23. The van der Waals surface area contributed by atoms with Crippen LogP contribution >= 0.6 is 23.5 Å². The molecule has 3 heteroatoms. The van der Waals surface area contributed by atoms with Gasteiger partial charge >= 0.3 is 0 Å². The van der Waals surface area contributed by atoms with Crippen LogP contribution in [0.15, 0.2) is 0 Å². The van der Waals surface area contributed by atoms with E-state index in [1.54, 1.807) is 0 Å². The van der Waals surface area contributed by atoms with Gasteiger partial charge in [0.25, 0.3) is 0 Å². The average Bonchev–Trinajstić information content (AvgIpc) is 2.07. The van der Waals surface area contributed by atoms with Crippen molar-refractivity contribution in [1.29, 1.82) is 0 Å². The van der Waals surface area contributed by atoms with Gasteiger partial charge in [-0.25, -0.2) is 0 Å². The molecular formula is C5H9NS2. The maximum Gasteiger partial charge on any atom is 0.0828 e. The van der Waals surface area contributed by atoms with Gasteiger partial charge in [0.2, 0.25) is 0 Å². The van der Waals surface area contributed by atoms with Crippen LogP contribution in [-0.4, -0.2) is 28.7 Å². The van der Waals surface area contributed by atoms with E-state index in [9.17, 15) is 0 Å². The predicted molar refractivity (Wildman–Crippen MR) is 40.5 cm³/mol. The highest BCUT2D eigenvalue weighted by molar-refractivity contribution is 8.08. The van der Waals surface area contributed by atoms with Crippen molar-refractivity contribution in [3.05, 3.63) is 0 Å². The Morgan fingerprint density at radius 2 is 2.25 bits per heavy atom. The smallest absolute Gasteiger partial charge is 0.0828 e. The molecular weight excluding hydrogens is 138 g/mol. The van der Waals surface area contributed by atoms with E-state index in [4.69, 9.17) is 0 Å². The first-order valence-corrected chi connectivity index (χ1v) is 5.02. The first-order chi connectivity index (χ1) is 3.91. The minimum Gasteiger partial charge on any atom is -0.301 e. The van der Waals surface area contributed by atoms with Crippen LogP contribution in [0.3, 0.4) is 0 Å². The summed E-state index contributed by atoms with van der Waals surface area (Å²) in [7, 11) is 0. The van der Waals surface area contributed by atoms with Crippen LogP contribution in [0.4, 0.5) is 0 Å². The lowest BCUT2D eigenvalue weighted by molar-refractivity contribution is 0.587. The fraction of sp³-hybridized carbons (Fsp3) is 1.00. The Bertz CT molecular complexity index is 92.6. The highest BCUT2D eigenvalue weighted by Gasteiger charge is 2.40. The zero-order valence-electron chi connectivity index (χ0n) is 4.64. The summed E-state index contributed by atoms with van der Waals surface area (Å²) in [4.78, 5) is 0.546. The molecule has 0 saturated carbocycles. The van der Waals surface area contributed by atoms with Gasteiger partial charge in [0.05, 0.1) is 4.87 Å². The highest BCUT2D eigenvalue weighted by Crippen LogP contribution is 2.41. The minimum atomic E-state index is 0.546. The Labute approximate surface area is 58.0 Å². The van der Waals surface area contributed by atoms with E-state index >= 15 is 0 Å². The lowest BCUT2D eigenvalue weighted by atomic mass is 10.3. The molecule has 2 rings (SSSR count). The SMILES string of the molecule is C1CSC2(CSC2)N1. The Morgan fingerprint density at radius 1 is 1.38 bits per heavy atom. The van der Waals surface area contributed by atoms with Gasteiger partial charge < -0.3 is 5.32 Å². The number of hydrogen-bond acceptors (Lipinski definition) is 3. The summed E-state index contributed by atoms with van der Waals surface area (Å²) in [6, 6.07) is 0. The molecule has 0 aromatic heterocycles. The van der Waals surface area contributed by atoms with Crippen LogP contribution in [0, 0.1) is 0 Å². The largest absolute Gasteiger partial charge is 0.301 e. The lowest BCUT2D eigenvalue weighted by Gasteiger charge is -2.36. The van der Waals surface area contributed by atoms with Crippen LogP contribution < -0.4 is 5.32 Å². The van der Waals surface area contributed by atoms with Gasteiger partial charge in [-0.15, -0.1) is 11.8 Å². The van der Waals surface area contributed by atoms with Crippen molar-refractivity contribution < 1.29 is 0 Å². The lowest BCUT2D eigenvalue weighted by Crippen LogP contribution is -2.49. The second kappa shape index (κ2) is 1.82. The molecule has 0 aromatic carbocycles. The molecule has 46 valence electrons. The van der Waals surface area contributed by atoms with Crippen LogP contribution in [0.2, 0.25) is 0 Å². The van der Waals surface area contributed by atoms with E-state index in [0.29, 0.717) is 4.87 Å². The van der Waals surface area contributed by atoms with Crippen molar-refractivity contribution in [1.82, 2.24) is 5.32 Å². The van der Waals surface area contributed by atoms with Crippen molar-refractivity contribution >= 4 is 23.5 Å². The van der Waals surface area contributed by atoms with Gasteiger partial charge in [-0.3, -0.25) is 0 Å². The standard InChI is InChI=1S/C5H9NS2/c1-2-8-5(6-1)3-7-4-5/h6H,1-4H2. The predicted octanol–water partition coefficient (Wildman–Crippen LogP) is 0.766. The molecule has 2 aliphatic heterocycles. The van der Waals surface area contributed by atoms with E-state index < -0.39 is 0 Å². The summed E-state index contributed by atoms with van der Waals surface area (Å²) < 4.78 is 0. The normalized spacial score (nSPS) is 33.0. The molecule has 1 nitrogen and oxygen atoms in total. The molecule has 2 heterocycles. The van der Waals surface area contributed by atoms with Gasteiger partial charge in [-0.2, -0.15) is 11.8 Å². The third-order valence-electron chi connectivity index (χ3n) is 1.60. The molecule has 2 aliphatic rings. The zero-order chi connectivity index (χ0) is 5.45. The zero-order valence-corrected chi connectivity index (χ0v) is 6.28. The molecule has 0 aliphatic carbocycles. The molecule has 0 atom stereocenters. The fourth-order valence-corrected chi connectivity index (χ4v) is 3.79. The maximum absolute atomic E-state index is 3.51. The topological polar surface area (TPSA) is 12.0 Å². The van der Waals surface area contributed by atoms with E-state index in [2.05, 4.69) is 17.1 Å². The van der Waals surface area contributed by atoms with Crippen molar-refractivity contribution in [3.63, 3.8) is 0 Å². The molecule has 0 amide bonds. The summed E-state index contributed by atoms with van der Waals surface area (Å²) in [5.74, 6) is 3.98. The maximum atomic E-state index is 3.51. The minimum absolute atomic E-state index is 0.546. The molecule has 0 aromatic rings. The fourth-order valence-electron chi connectivity index (χ4n) is 1.05. The Morgan fingerprint density at radius 3 is 2.50 bits per heavy atom. The Kier molecular flexibility index (Phi) is 1.24. The summed E-state index contributed by atoms with van der Waals surface area (Å²) >= 11 is 4.15. The van der Waals surface area contributed by atoms with Gasteiger partial charge in [0, 0.05) is 23.8 Å². The third kappa shape index (κ3) is 0.684. The van der Waals surface area contributed by atoms with Crippen molar-refractivity contribution in [2.45, 2.75) is 4.87 Å². The van der Waals surface area contributed by atoms with Gasteiger partial charge in [-0.05, 0) is 0 Å². The van der Waals surface area contributed by atoms with Crippen LogP contribution in [0.25, 0.3) is 0 Å². The monoisotopic (exact) mass is 147 g/mol. The molecule has 8 heavy (non-hydrogen) atoms. The first kappa shape index (κ1) is 5.45. The number of nitrogens with one attached hydrogen (secondary N) is 1. The van der Waals surface area contributed by atoms with Crippen LogP contribution in [0.1, 0.15) is 0 Å². The Balaban J connectivity index is 2.01. The molecule has 0 radical (unpaired) electrons. The molecule has 0 unspecified atom stereocenters. The van der Waals surface area contributed by atoms with Gasteiger partial charge in [-0.1, -0.05) is 0 Å². The summed E-state index contributed by atoms with van der Waals surface area (Å²) in [6.07, 6.45) is 0. The van der Waals surface area contributed by atoms with E-state index in [0.717, 1.165) is 0 Å². The van der Waals surface area contributed by atoms with Crippen LogP contribution in [-0.2, 0) is 0 Å².